The van der Waals surface area contributed by atoms with E-state index in [0.29, 0.717) is 28.3 Å². The van der Waals surface area contributed by atoms with Crippen molar-refractivity contribution in [1.29, 1.82) is 0 Å². The van der Waals surface area contributed by atoms with Gasteiger partial charge in [0, 0.05) is 18.0 Å². The molecule has 3 aromatic rings. The molecule has 1 aliphatic heterocycles. The fourth-order valence-electron chi connectivity index (χ4n) is 3.68. The number of rotatable bonds is 5. The van der Waals surface area contributed by atoms with Gasteiger partial charge >= 0.3 is 0 Å². The molecule has 7 nitrogen and oxygen atoms in total. The number of nitrogens with zero attached hydrogens (tertiary/aromatic N) is 2. The fraction of sp³-hybridized carbons (Fsp3) is 0.125. The van der Waals surface area contributed by atoms with Gasteiger partial charge in [-0.15, -0.1) is 0 Å². The number of aliphatic hydroxyl groups excluding tert-OH is 1. The van der Waals surface area contributed by atoms with E-state index < -0.39 is 17.7 Å². The van der Waals surface area contributed by atoms with Gasteiger partial charge in [0.05, 0.1) is 31.5 Å². The highest BCUT2D eigenvalue weighted by Gasteiger charge is 2.47. The number of hydrogen-bond acceptors (Lipinski definition) is 6. The van der Waals surface area contributed by atoms with Crippen molar-refractivity contribution < 1.29 is 24.2 Å². The smallest absolute Gasteiger partial charge is 0.300 e. The predicted octanol–water partition coefficient (Wildman–Crippen LogP) is 3.73. The lowest BCUT2D eigenvalue weighted by Gasteiger charge is -2.26. The van der Waals surface area contributed by atoms with Crippen LogP contribution in [0.1, 0.15) is 17.2 Å². The van der Waals surface area contributed by atoms with Gasteiger partial charge in [0.25, 0.3) is 11.7 Å². The molecule has 0 saturated carbocycles. The molecular formula is C24H20N2O5. The van der Waals surface area contributed by atoms with E-state index in [1.54, 1.807) is 73.1 Å². The first-order valence-corrected chi connectivity index (χ1v) is 9.55. The van der Waals surface area contributed by atoms with Gasteiger partial charge < -0.3 is 14.6 Å². The van der Waals surface area contributed by atoms with Crippen molar-refractivity contribution in [2.75, 3.05) is 19.1 Å². The van der Waals surface area contributed by atoms with Crippen molar-refractivity contribution >= 4 is 23.1 Å². The largest absolute Gasteiger partial charge is 0.507 e. The molecule has 1 atom stereocenters. The topological polar surface area (TPSA) is 89.0 Å². The highest BCUT2D eigenvalue weighted by Crippen LogP contribution is 2.44. The molecule has 1 N–H and O–H groups in total. The molecule has 2 heterocycles. The van der Waals surface area contributed by atoms with Crippen molar-refractivity contribution in [2.24, 2.45) is 0 Å². The van der Waals surface area contributed by atoms with Gasteiger partial charge in [-0.05, 0) is 54.1 Å². The Bertz CT molecular complexity index is 1160. The van der Waals surface area contributed by atoms with Gasteiger partial charge in [0.1, 0.15) is 17.3 Å². The van der Waals surface area contributed by atoms with E-state index >= 15 is 0 Å². The maximum Gasteiger partial charge on any atom is 0.300 e. The molecule has 156 valence electrons. The van der Waals surface area contributed by atoms with Crippen LogP contribution in [-0.4, -0.2) is 36.0 Å². The highest BCUT2D eigenvalue weighted by atomic mass is 16.5. The SMILES string of the molecule is COc1ccc(/C(O)=C2\C(=O)C(=O)N(c3ccccc3OC)C2c2ccncc2)cc1. The van der Waals surface area contributed by atoms with Crippen molar-refractivity contribution in [1.82, 2.24) is 4.98 Å². The summed E-state index contributed by atoms with van der Waals surface area (Å²) in [6.45, 7) is 0. The minimum Gasteiger partial charge on any atom is -0.507 e. The molecule has 1 fully saturated rings. The maximum atomic E-state index is 13.1. The number of anilines is 1. The molecule has 0 bridgehead atoms. The molecule has 4 rings (SSSR count). The summed E-state index contributed by atoms with van der Waals surface area (Å²) in [6, 6.07) is 16.1. The number of ether oxygens (including phenoxy) is 2. The Morgan fingerprint density at radius 1 is 0.935 bits per heavy atom. The molecular weight excluding hydrogens is 396 g/mol. The quantitative estimate of drug-likeness (QED) is 0.387. The van der Waals surface area contributed by atoms with Gasteiger partial charge in [0.15, 0.2) is 0 Å². The molecule has 7 heteroatoms. The molecule has 1 saturated heterocycles. The first-order chi connectivity index (χ1) is 15.1. The predicted molar refractivity (Wildman–Crippen MR) is 115 cm³/mol. The number of pyridine rings is 1. The van der Waals surface area contributed by atoms with E-state index in [2.05, 4.69) is 4.98 Å². The number of hydrogen-bond donors (Lipinski definition) is 1. The third-order valence-corrected chi connectivity index (χ3v) is 5.17. The third kappa shape index (κ3) is 3.50. The molecule has 0 spiro atoms. The zero-order valence-corrected chi connectivity index (χ0v) is 17.0. The molecule has 0 radical (unpaired) electrons. The monoisotopic (exact) mass is 416 g/mol. The summed E-state index contributed by atoms with van der Waals surface area (Å²) in [4.78, 5) is 31.6. The number of ketones is 1. The van der Waals surface area contributed by atoms with Crippen LogP contribution in [-0.2, 0) is 9.59 Å². The summed E-state index contributed by atoms with van der Waals surface area (Å²) >= 11 is 0. The third-order valence-electron chi connectivity index (χ3n) is 5.17. The number of Topliss-reactive ketones (excluding diaryl/α,β-unsaturated/α-hetero) is 1. The Balaban J connectivity index is 1.94. The van der Waals surface area contributed by atoms with Gasteiger partial charge in [-0.1, -0.05) is 12.1 Å². The lowest BCUT2D eigenvalue weighted by Crippen LogP contribution is -2.29. The van der Waals surface area contributed by atoms with Gasteiger partial charge in [0.2, 0.25) is 0 Å². The van der Waals surface area contributed by atoms with Crippen LogP contribution in [0.25, 0.3) is 5.76 Å². The number of amides is 1. The number of methoxy groups -OCH3 is 2. The van der Waals surface area contributed by atoms with E-state index in [9.17, 15) is 14.7 Å². The van der Waals surface area contributed by atoms with Crippen LogP contribution < -0.4 is 14.4 Å². The first-order valence-electron chi connectivity index (χ1n) is 9.55. The summed E-state index contributed by atoms with van der Waals surface area (Å²) < 4.78 is 10.6. The number of carbonyl (C=O) groups is 2. The van der Waals surface area contributed by atoms with Crippen LogP contribution in [0.3, 0.4) is 0 Å². The highest BCUT2D eigenvalue weighted by molar-refractivity contribution is 6.51. The van der Waals surface area contributed by atoms with E-state index in [0.717, 1.165) is 0 Å². The average Bonchev–Trinajstić information content (AvgIpc) is 3.09. The molecule has 31 heavy (non-hydrogen) atoms. The van der Waals surface area contributed by atoms with Crippen molar-refractivity contribution in [3.8, 4) is 11.5 Å². The second-order valence-electron chi connectivity index (χ2n) is 6.85. The molecule has 0 aliphatic carbocycles. The minimum atomic E-state index is -0.846. The van der Waals surface area contributed by atoms with Crippen molar-refractivity contribution in [3.63, 3.8) is 0 Å². The van der Waals surface area contributed by atoms with Crippen LogP contribution in [0, 0.1) is 0 Å². The lowest BCUT2D eigenvalue weighted by molar-refractivity contribution is -0.132. The Labute approximate surface area is 179 Å². The van der Waals surface area contributed by atoms with Gasteiger partial charge in [-0.25, -0.2) is 0 Å². The zero-order valence-electron chi connectivity index (χ0n) is 17.0. The Kier molecular flexibility index (Phi) is 5.41. The van der Waals surface area contributed by atoms with Crippen molar-refractivity contribution in [3.05, 3.63) is 89.8 Å². The molecule has 1 amide bonds. The van der Waals surface area contributed by atoms with E-state index in [1.807, 2.05) is 0 Å². The number of carbonyl (C=O) groups excluding carboxylic acids is 2. The van der Waals surface area contributed by atoms with E-state index in [4.69, 9.17) is 9.47 Å². The molecule has 1 unspecified atom stereocenters. The maximum absolute atomic E-state index is 13.1. The summed E-state index contributed by atoms with van der Waals surface area (Å²) in [5.41, 5.74) is 1.46. The number of para-hydroxylation sites is 2. The number of benzene rings is 2. The van der Waals surface area contributed by atoms with Crippen LogP contribution in [0.15, 0.2) is 78.6 Å². The second kappa shape index (κ2) is 8.31. The van der Waals surface area contributed by atoms with Gasteiger partial charge in [-0.3, -0.25) is 19.5 Å². The van der Waals surface area contributed by atoms with Gasteiger partial charge in [-0.2, -0.15) is 0 Å². The fourth-order valence-corrected chi connectivity index (χ4v) is 3.68. The lowest BCUT2D eigenvalue weighted by atomic mass is 9.95. The summed E-state index contributed by atoms with van der Waals surface area (Å²) in [6.07, 6.45) is 3.15. The van der Waals surface area contributed by atoms with Crippen LogP contribution in [0.4, 0.5) is 5.69 Å². The average molecular weight is 416 g/mol. The Morgan fingerprint density at radius 2 is 1.61 bits per heavy atom. The first kappa shape index (κ1) is 20.2. The van der Waals surface area contributed by atoms with Crippen LogP contribution in [0.5, 0.6) is 11.5 Å². The summed E-state index contributed by atoms with van der Waals surface area (Å²) in [5, 5.41) is 11.1. The Morgan fingerprint density at radius 3 is 2.26 bits per heavy atom. The van der Waals surface area contributed by atoms with Crippen LogP contribution in [0.2, 0.25) is 0 Å². The summed E-state index contributed by atoms with van der Waals surface area (Å²) in [7, 11) is 3.03. The standard InChI is InChI=1S/C24H20N2O5/c1-30-17-9-7-16(8-10-17)22(27)20-21(15-11-13-25-14-12-15)26(24(29)23(20)28)18-5-3-4-6-19(18)31-2/h3-14,21,27H,1-2H3/b22-20+. The Hall–Kier alpha value is -4.13. The van der Waals surface area contributed by atoms with Crippen LogP contribution >= 0.6 is 0 Å². The second-order valence-corrected chi connectivity index (χ2v) is 6.85. The number of aliphatic hydroxyl groups is 1. The number of aromatic nitrogens is 1. The van der Waals surface area contributed by atoms with E-state index in [1.165, 1.54) is 19.1 Å². The minimum absolute atomic E-state index is 0.00715. The normalized spacial score (nSPS) is 17.6. The molecule has 1 aromatic heterocycles. The summed E-state index contributed by atoms with van der Waals surface area (Å²) in [5.74, 6) is -0.743. The van der Waals surface area contributed by atoms with E-state index in [-0.39, 0.29) is 11.3 Å². The van der Waals surface area contributed by atoms with Crippen molar-refractivity contribution in [2.45, 2.75) is 6.04 Å². The zero-order chi connectivity index (χ0) is 22.0. The molecule has 1 aliphatic rings. The molecule has 2 aromatic carbocycles.